The van der Waals surface area contributed by atoms with Crippen molar-refractivity contribution in [2.75, 3.05) is 38.9 Å². The van der Waals surface area contributed by atoms with Crippen LogP contribution in [0.1, 0.15) is 16.8 Å². The van der Waals surface area contributed by atoms with Gasteiger partial charge >= 0.3 is 0 Å². The number of rotatable bonds is 7. The van der Waals surface area contributed by atoms with Gasteiger partial charge in [-0.15, -0.1) is 0 Å². The Bertz CT molecular complexity index is 1560. The quantitative estimate of drug-likeness (QED) is 0.274. The number of anilines is 1. The highest BCUT2D eigenvalue weighted by molar-refractivity contribution is 7.22. The molecule has 6 rings (SSSR count). The van der Waals surface area contributed by atoms with Gasteiger partial charge in [-0.1, -0.05) is 59.9 Å². The number of carbonyl (C=O) groups is 1. The first-order valence-electron chi connectivity index (χ1n) is 12.2. The Labute approximate surface area is 218 Å². The van der Waals surface area contributed by atoms with E-state index in [2.05, 4.69) is 4.90 Å². The van der Waals surface area contributed by atoms with E-state index in [-0.39, 0.29) is 12.7 Å². The van der Waals surface area contributed by atoms with E-state index in [9.17, 15) is 4.79 Å². The molecule has 0 saturated heterocycles. The van der Waals surface area contributed by atoms with Crippen LogP contribution in [0.4, 0.5) is 5.13 Å². The number of aromatic nitrogens is 2. The predicted molar refractivity (Wildman–Crippen MR) is 148 cm³/mol. The second-order valence-electron chi connectivity index (χ2n) is 9.22. The molecule has 37 heavy (non-hydrogen) atoms. The van der Waals surface area contributed by atoms with Gasteiger partial charge in [-0.25, -0.2) is 9.97 Å². The molecule has 7 nitrogen and oxygen atoms in total. The molecule has 1 amide bonds. The number of benzene rings is 3. The average Bonchev–Trinajstić information content (AvgIpc) is 3.55. The van der Waals surface area contributed by atoms with Crippen molar-refractivity contribution in [1.29, 1.82) is 0 Å². The van der Waals surface area contributed by atoms with Crippen LogP contribution in [0.5, 0.6) is 11.5 Å². The maximum Gasteiger partial charge on any atom is 0.260 e. The number of nitrogens with zero attached hydrogens (tertiary/aromatic N) is 4. The van der Waals surface area contributed by atoms with E-state index in [4.69, 9.17) is 19.4 Å². The van der Waals surface area contributed by atoms with Gasteiger partial charge in [0.2, 0.25) is 6.79 Å². The van der Waals surface area contributed by atoms with Crippen LogP contribution >= 0.6 is 11.3 Å². The van der Waals surface area contributed by atoms with Crippen molar-refractivity contribution in [2.24, 2.45) is 0 Å². The Hall–Kier alpha value is -4.01. The number of carbonyl (C=O) groups excluding carboxylic acids is 1. The first kappa shape index (κ1) is 23.4. The van der Waals surface area contributed by atoms with Gasteiger partial charge in [0.05, 0.1) is 27.0 Å². The number of fused-ring (bicyclic) bond motifs is 3. The van der Waals surface area contributed by atoms with E-state index >= 15 is 0 Å². The second kappa shape index (κ2) is 9.80. The number of pyridine rings is 1. The Morgan fingerprint density at radius 1 is 0.892 bits per heavy atom. The van der Waals surface area contributed by atoms with Gasteiger partial charge < -0.3 is 14.4 Å². The van der Waals surface area contributed by atoms with Crippen molar-refractivity contribution in [2.45, 2.75) is 6.42 Å². The standard InChI is InChI=1S/C29H26N4O3S/c1-32(2)13-8-14-33(29-31-24-16-25-26(36-18-35-25)17-27(24)37-29)28(34)21-15-23(19-9-4-3-5-10-19)30-22-12-7-6-11-20(21)22/h3-7,9-12,15-17H,8,13-14,18H2,1-2H3. The highest BCUT2D eigenvalue weighted by atomic mass is 32.1. The first-order valence-corrected chi connectivity index (χ1v) is 13.0. The molecule has 8 heteroatoms. The normalized spacial score (nSPS) is 12.5. The van der Waals surface area contributed by atoms with Gasteiger partial charge in [0.15, 0.2) is 16.6 Å². The highest BCUT2D eigenvalue weighted by Gasteiger charge is 2.25. The van der Waals surface area contributed by atoms with Crippen LogP contribution in [0.2, 0.25) is 0 Å². The van der Waals surface area contributed by atoms with Gasteiger partial charge in [-0.2, -0.15) is 0 Å². The Kier molecular flexibility index (Phi) is 6.20. The average molecular weight is 511 g/mol. The van der Waals surface area contributed by atoms with E-state index in [1.807, 2.05) is 86.9 Å². The lowest BCUT2D eigenvalue weighted by Crippen LogP contribution is -2.33. The minimum absolute atomic E-state index is 0.0892. The Morgan fingerprint density at radius 3 is 2.46 bits per heavy atom. The largest absolute Gasteiger partial charge is 0.454 e. The van der Waals surface area contributed by atoms with Crippen LogP contribution in [0.3, 0.4) is 0 Å². The summed E-state index contributed by atoms with van der Waals surface area (Å²) >= 11 is 1.49. The third-order valence-electron chi connectivity index (χ3n) is 6.35. The Balaban J connectivity index is 1.45. The lowest BCUT2D eigenvalue weighted by molar-refractivity contribution is 0.0987. The molecule has 0 atom stereocenters. The number of hydrogen-bond acceptors (Lipinski definition) is 7. The van der Waals surface area contributed by atoms with Crippen molar-refractivity contribution >= 4 is 43.5 Å². The summed E-state index contributed by atoms with van der Waals surface area (Å²) in [4.78, 5) is 27.9. The zero-order chi connectivity index (χ0) is 25.4. The van der Waals surface area contributed by atoms with Gasteiger partial charge in [0.25, 0.3) is 5.91 Å². The zero-order valence-corrected chi connectivity index (χ0v) is 21.5. The van der Waals surface area contributed by atoms with E-state index in [1.54, 1.807) is 4.90 Å². The van der Waals surface area contributed by atoms with Crippen LogP contribution in [0, 0.1) is 0 Å². The zero-order valence-electron chi connectivity index (χ0n) is 20.7. The molecule has 0 spiro atoms. The molecule has 0 unspecified atom stereocenters. The fourth-order valence-electron chi connectivity index (χ4n) is 4.51. The number of thiazole rings is 1. The van der Waals surface area contributed by atoms with E-state index in [1.165, 1.54) is 11.3 Å². The fourth-order valence-corrected chi connectivity index (χ4v) is 5.51. The van der Waals surface area contributed by atoms with E-state index < -0.39 is 0 Å². The maximum atomic E-state index is 14.3. The van der Waals surface area contributed by atoms with Gasteiger partial charge in [0, 0.05) is 29.6 Å². The molecule has 0 saturated carbocycles. The van der Waals surface area contributed by atoms with Gasteiger partial charge in [-0.05, 0) is 39.2 Å². The molecule has 186 valence electrons. The van der Waals surface area contributed by atoms with Crippen molar-refractivity contribution in [3.8, 4) is 22.8 Å². The van der Waals surface area contributed by atoms with Crippen LogP contribution in [0.15, 0.2) is 72.8 Å². The summed E-state index contributed by atoms with van der Waals surface area (Å²) in [7, 11) is 4.07. The van der Waals surface area contributed by atoms with E-state index in [0.29, 0.717) is 28.7 Å². The van der Waals surface area contributed by atoms with Crippen molar-refractivity contribution in [3.05, 3.63) is 78.4 Å². The minimum atomic E-state index is -0.0892. The molecule has 0 fully saturated rings. The fraction of sp³-hybridized carbons (Fsp3) is 0.207. The predicted octanol–water partition coefficient (Wildman–Crippen LogP) is 5.84. The lowest BCUT2D eigenvalue weighted by atomic mass is 10.0. The maximum absolute atomic E-state index is 14.3. The first-order chi connectivity index (χ1) is 18.1. The monoisotopic (exact) mass is 510 g/mol. The molecule has 0 aliphatic carbocycles. The molecular formula is C29H26N4O3S. The Morgan fingerprint density at radius 2 is 1.65 bits per heavy atom. The smallest absolute Gasteiger partial charge is 0.260 e. The highest BCUT2D eigenvalue weighted by Crippen LogP contribution is 2.40. The second-order valence-corrected chi connectivity index (χ2v) is 10.2. The number of hydrogen-bond donors (Lipinski definition) is 0. The van der Waals surface area contributed by atoms with Crippen molar-refractivity contribution in [1.82, 2.24) is 14.9 Å². The summed E-state index contributed by atoms with van der Waals surface area (Å²) < 4.78 is 12.0. The SMILES string of the molecule is CN(C)CCCN(C(=O)c1cc(-c2ccccc2)nc2ccccc12)c1nc2cc3c(cc2s1)OCO3. The number of ether oxygens (including phenoxy) is 2. The molecule has 5 aromatic rings. The van der Waals surface area contributed by atoms with Crippen LogP contribution in [-0.4, -0.2) is 54.8 Å². The topological polar surface area (TPSA) is 67.8 Å². The summed E-state index contributed by atoms with van der Waals surface area (Å²) in [6, 6.07) is 23.5. The van der Waals surface area contributed by atoms with Crippen LogP contribution in [0.25, 0.3) is 32.4 Å². The molecular weight excluding hydrogens is 484 g/mol. The molecule has 1 aliphatic rings. The summed E-state index contributed by atoms with van der Waals surface area (Å²) in [6.45, 7) is 1.62. The van der Waals surface area contributed by atoms with Gasteiger partial charge in [-0.3, -0.25) is 9.69 Å². The molecule has 3 heterocycles. The number of amides is 1. The summed E-state index contributed by atoms with van der Waals surface area (Å²) in [5.41, 5.74) is 3.93. The minimum Gasteiger partial charge on any atom is -0.454 e. The van der Waals surface area contributed by atoms with Crippen LogP contribution < -0.4 is 14.4 Å². The summed E-state index contributed by atoms with van der Waals surface area (Å²) in [6.07, 6.45) is 0.811. The van der Waals surface area contributed by atoms with Crippen molar-refractivity contribution in [3.63, 3.8) is 0 Å². The third-order valence-corrected chi connectivity index (χ3v) is 7.39. The van der Waals surface area contributed by atoms with Gasteiger partial charge in [0.1, 0.15) is 0 Å². The molecule has 2 aromatic heterocycles. The number of para-hydroxylation sites is 1. The van der Waals surface area contributed by atoms with Crippen molar-refractivity contribution < 1.29 is 14.3 Å². The van der Waals surface area contributed by atoms with E-state index in [0.717, 1.165) is 45.3 Å². The molecule has 0 N–H and O–H groups in total. The molecule has 3 aromatic carbocycles. The molecule has 1 aliphatic heterocycles. The molecule has 0 bridgehead atoms. The summed E-state index contributed by atoms with van der Waals surface area (Å²) in [5, 5.41) is 1.48. The third kappa shape index (κ3) is 4.61. The summed E-state index contributed by atoms with van der Waals surface area (Å²) in [5.74, 6) is 1.30. The molecule has 0 radical (unpaired) electrons. The van der Waals surface area contributed by atoms with Crippen LogP contribution in [-0.2, 0) is 0 Å². The lowest BCUT2D eigenvalue weighted by Gasteiger charge is -2.22.